The second-order valence-corrected chi connectivity index (χ2v) is 14.0. The van der Waals surface area contributed by atoms with Gasteiger partial charge in [0.25, 0.3) is 10.0 Å². The van der Waals surface area contributed by atoms with Crippen molar-refractivity contribution in [2.75, 3.05) is 10.8 Å². The number of benzene rings is 4. The molecule has 0 radical (unpaired) electrons. The molecule has 1 N–H and O–H groups in total. The molecule has 1 aliphatic carbocycles. The zero-order valence-corrected chi connectivity index (χ0v) is 27.5. The molecule has 46 heavy (non-hydrogen) atoms. The van der Waals surface area contributed by atoms with Crippen LogP contribution in [0.25, 0.3) is 0 Å². The highest BCUT2D eigenvalue weighted by atomic mass is 32.2. The molecule has 4 aromatic rings. The van der Waals surface area contributed by atoms with Crippen LogP contribution in [0.2, 0.25) is 0 Å². The fourth-order valence-corrected chi connectivity index (χ4v) is 7.44. The summed E-state index contributed by atoms with van der Waals surface area (Å²) >= 11 is 0. The minimum atomic E-state index is -4.12. The average Bonchev–Trinajstić information content (AvgIpc) is 3.07. The van der Waals surface area contributed by atoms with Gasteiger partial charge in [-0.1, -0.05) is 110 Å². The van der Waals surface area contributed by atoms with Crippen molar-refractivity contribution in [2.45, 2.75) is 75.9 Å². The van der Waals surface area contributed by atoms with Crippen LogP contribution in [0.4, 0.5) is 5.69 Å². The average molecular weight is 638 g/mol. The molecule has 7 nitrogen and oxygen atoms in total. The monoisotopic (exact) mass is 637 g/mol. The molecule has 0 saturated heterocycles. The predicted octanol–water partition coefficient (Wildman–Crippen LogP) is 6.59. The molecule has 4 aromatic carbocycles. The molecule has 0 aliphatic heterocycles. The number of aryl methyl sites for hydroxylation is 2. The molecule has 5 rings (SSSR count). The summed E-state index contributed by atoms with van der Waals surface area (Å²) in [6.45, 7) is 3.57. The molecular weight excluding hydrogens is 595 g/mol. The number of hydrogen-bond donors (Lipinski definition) is 1. The third kappa shape index (κ3) is 8.23. The number of sulfonamides is 1. The lowest BCUT2D eigenvalue weighted by atomic mass is 9.94. The number of carbonyl (C=O) groups is 2. The first kappa shape index (κ1) is 32.9. The van der Waals surface area contributed by atoms with Gasteiger partial charge in [-0.15, -0.1) is 0 Å². The van der Waals surface area contributed by atoms with Crippen LogP contribution < -0.4 is 9.62 Å². The van der Waals surface area contributed by atoms with E-state index in [4.69, 9.17) is 0 Å². The van der Waals surface area contributed by atoms with E-state index in [-0.39, 0.29) is 23.4 Å². The highest BCUT2D eigenvalue weighted by molar-refractivity contribution is 7.92. The molecule has 1 saturated carbocycles. The highest BCUT2D eigenvalue weighted by Gasteiger charge is 2.35. The molecule has 8 heteroatoms. The van der Waals surface area contributed by atoms with Crippen LogP contribution in [0.1, 0.15) is 54.4 Å². The minimum Gasteiger partial charge on any atom is -0.352 e. The lowest BCUT2D eigenvalue weighted by Crippen LogP contribution is -2.55. The normalized spacial score (nSPS) is 14.3. The van der Waals surface area contributed by atoms with Crippen LogP contribution in [0.3, 0.4) is 0 Å². The summed E-state index contributed by atoms with van der Waals surface area (Å²) in [5, 5.41) is 3.26. The Morgan fingerprint density at radius 1 is 0.783 bits per heavy atom. The first-order valence-electron chi connectivity index (χ1n) is 16.0. The summed E-state index contributed by atoms with van der Waals surface area (Å²) < 4.78 is 29.5. The summed E-state index contributed by atoms with van der Waals surface area (Å²) in [6.07, 6.45) is 5.39. The SMILES string of the molecule is Cc1ccc(S(=O)(=O)N(CC(=O)N(Cc2ccccc2C)[C@@H](Cc2ccccc2)C(=O)NC2CCCCC2)c2ccccc2)cc1. The van der Waals surface area contributed by atoms with E-state index in [1.54, 1.807) is 59.5 Å². The Bertz CT molecular complexity index is 1700. The van der Waals surface area contributed by atoms with Crippen molar-refractivity contribution in [3.05, 3.63) is 131 Å². The molecule has 0 unspecified atom stereocenters. The van der Waals surface area contributed by atoms with E-state index >= 15 is 0 Å². The van der Waals surface area contributed by atoms with E-state index < -0.39 is 28.5 Å². The van der Waals surface area contributed by atoms with Gasteiger partial charge in [-0.2, -0.15) is 0 Å². The zero-order chi connectivity index (χ0) is 32.5. The van der Waals surface area contributed by atoms with Gasteiger partial charge < -0.3 is 10.2 Å². The standard InChI is InChI=1S/C38H43N3O4S/c1-29-22-24-35(25-23-29)46(44,45)41(34-20-10-5-11-21-34)28-37(42)40(27-32-17-13-12-14-30(32)2)36(26-31-15-6-3-7-16-31)38(43)39-33-18-8-4-9-19-33/h3,5-7,10-17,20-25,33,36H,4,8-9,18-19,26-28H2,1-2H3,(H,39,43)/t36-/m0/s1. The highest BCUT2D eigenvalue weighted by Crippen LogP contribution is 2.26. The van der Waals surface area contributed by atoms with E-state index in [1.165, 1.54) is 0 Å². The van der Waals surface area contributed by atoms with Crippen molar-refractivity contribution < 1.29 is 18.0 Å². The van der Waals surface area contributed by atoms with Gasteiger partial charge in [-0.3, -0.25) is 13.9 Å². The number of para-hydroxylation sites is 1. The van der Waals surface area contributed by atoms with Gasteiger partial charge in [-0.25, -0.2) is 8.42 Å². The number of carbonyl (C=O) groups excluding carboxylic acids is 2. The summed E-state index contributed by atoms with van der Waals surface area (Å²) in [4.78, 5) is 30.5. The zero-order valence-electron chi connectivity index (χ0n) is 26.6. The van der Waals surface area contributed by atoms with E-state index in [1.807, 2.05) is 68.4 Å². The summed E-state index contributed by atoms with van der Waals surface area (Å²) in [5.74, 6) is -0.673. The van der Waals surface area contributed by atoms with Crippen LogP contribution in [-0.2, 0) is 32.6 Å². The molecule has 0 heterocycles. The Hall–Kier alpha value is -4.43. The van der Waals surface area contributed by atoms with Crippen molar-refractivity contribution in [3.63, 3.8) is 0 Å². The number of rotatable bonds is 12. The van der Waals surface area contributed by atoms with Gasteiger partial charge in [0.05, 0.1) is 10.6 Å². The molecule has 0 aromatic heterocycles. The van der Waals surface area contributed by atoms with E-state index in [2.05, 4.69) is 5.32 Å². The van der Waals surface area contributed by atoms with Crippen molar-refractivity contribution >= 4 is 27.5 Å². The lowest BCUT2D eigenvalue weighted by Gasteiger charge is -2.35. The van der Waals surface area contributed by atoms with Gasteiger partial charge in [0, 0.05) is 19.0 Å². The van der Waals surface area contributed by atoms with Crippen LogP contribution in [0.15, 0.2) is 114 Å². The smallest absolute Gasteiger partial charge is 0.264 e. The van der Waals surface area contributed by atoms with E-state index in [0.29, 0.717) is 12.1 Å². The summed E-state index contributed by atoms with van der Waals surface area (Å²) in [6, 6.07) is 31.9. The number of hydrogen-bond acceptors (Lipinski definition) is 4. The molecule has 240 valence electrons. The van der Waals surface area contributed by atoms with Gasteiger partial charge in [-0.05, 0) is 67.6 Å². The molecule has 0 bridgehead atoms. The predicted molar refractivity (Wildman–Crippen MR) is 183 cm³/mol. The Kier molecular flexibility index (Phi) is 10.9. The Morgan fingerprint density at radius 2 is 1.39 bits per heavy atom. The summed E-state index contributed by atoms with van der Waals surface area (Å²) in [7, 11) is -4.12. The fourth-order valence-electron chi connectivity index (χ4n) is 6.03. The minimum absolute atomic E-state index is 0.0534. The lowest BCUT2D eigenvalue weighted by molar-refractivity contribution is -0.140. The van der Waals surface area contributed by atoms with Crippen LogP contribution >= 0.6 is 0 Å². The Balaban J connectivity index is 1.55. The molecule has 2 amide bonds. The first-order chi connectivity index (χ1) is 22.2. The molecule has 1 fully saturated rings. The number of anilines is 1. The van der Waals surface area contributed by atoms with Gasteiger partial charge in [0.2, 0.25) is 11.8 Å². The van der Waals surface area contributed by atoms with Crippen LogP contribution in [-0.4, -0.2) is 43.8 Å². The van der Waals surface area contributed by atoms with E-state index in [9.17, 15) is 18.0 Å². The third-order valence-corrected chi connectivity index (χ3v) is 10.5. The van der Waals surface area contributed by atoms with E-state index in [0.717, 1.165) is 58.7 Å². The third-order valence-electron chi connectivity index (χ3n) is 8.76. The van der Waals surface area contributed by atoms with Crippen molar-refractivity contribution in [3.8, 4) is 0 Å². The van der Waals surface area contributed by atoms with Gasteiger partial charge in [0.1, 0.15) is 12.6 Å². The maximum atomic E-state index is 14.6. The topological polar surface area (TPSA) is 86.8 Å². The largest absolute Gasteiger partial charge is 0.352 e. The maximum absolute atomic E-state index is 14.6. The van der Waals surface area contributed by atoms with Crippen LogP contribution in [0, 0.1) is 13.8 Å². The Labute approximate surface area is 273 Å². The molecule has 1 aliphatic rings. The molecular formula is C38H43N3O4S. The van der Waals surface area contributed by atoms with Gasteiger partial charge >= 0.3 is 0 Å². The van der Waals surface area contributed by atoms with Crippen molar-refractivity contribution in [1.29, 1.82) is 0 Å². The first-order valence-corrected chi connectivity index (χ1v) is 17.5. The van der Waals surface area contributed by atoms with Crippen molar-refractivity contribution in [1.82, 2.24) is 10.2 Å². The second-order valence-electron chi connectivity index (χ2n) is 12.2. The Morgan fingerprint density at radius 3 is 2.04 bits per heavy atom. The van der Waals surface area contributed by atoms with Crippen LogP contribution in [0.5, 0.6) is 0 Å². The maximum Gasteiger partial charge on any atom is 0.264 e. The number of nitrogens with one attached hydrogen (secondary N) is 1. The second kappa shape index (κ2) is 15.2. The van der Waals surface area contributed by atoms with Gasteiger partial charge in [0.15, 0.2) is 0 Å². The molecule has 1 atom stereocenters. The molecule has 0 spiro atoms. The fraction of sp³-hybridized carbons (Fsp3) is 0.316. The van der Waals surface area contributed by atoms with Crippen molar-refractivity contribution in [2.24, 2.45) is 0 Å². The quantitative estimate of drug-likeness (QED) is 0.190. The summed E-state index contributed by atoms with van der Waals surface area (Å²) in [5.41, 5.74) is 4.10. The number of nitrogens with zero attached hydrogens (tertiary/aromatic N) is 2. The number of amides is 2.